The van der Waals surface area contributed by atoms with Crippen LogP contribution >= 0.6 is 0 Å². The van der Waals surface area contributed by atoms with Crippen LogP contribution in [0.5, 0.6) is 0 Å². The van der Waals surface area contributed by atoms with E-state index >= 15 is 0 Å². The molecule has 0 spiro atoms. The van der Waals surface area contributed by atoms with Gasteiger partial charge in [-0.2, -0.15) is 0 Å². The van der Waals surface area contributed by atoms with E-state index in [1.54, 1.807) is 86.9 Å². The number of rotatable bonds is 12. The third-order valence-electron chi connectivity index (χ3n) is 8.09. The fourth-order valence-corrected chi connectivity index (χ4v) is 5.40. The van der Waals surface area contributed by atoms with Crippen LogP contribution in [0.4, 0.5) is 11.4 Å². The average Bonchev–Trinajstić information content (AvgIpc) is 3.14. The molecule has 0 heterocycles. The third kappa shape index (κ3) is 8.22. The lowest BCUT2D eigenvalue weighted by Gasteiger charge is -2.22. The molecule has 0 radical (unpaired) electrons. The molecule has 0 bridgehead atoms. The lowest BCUT2D eigenvalue weighted by molar-refractivity contribution is 0.0943. The van der Waals surface area contributed by atoms with Crippen molar-refractivity contribution >= 4 is 35.0 Å². The Balaban J connectivity index is 1.22. The maximum Gasteiger partial charge on any atom is 0.258 e. The third-order valence-corrected chi connectivity index (χ3v) is 8.09. The van der Waals surface area contributed by atoms with Gasteiger partial charge in [-0.3, -0.25) is 19.2 Å². The Morgan fingerprint density at radius 2 is 0.792 bits per heavy atom. The van der Waals surface area contributed by atoms with Crippen LogP contribution in [-0.2, 0) is 12.8 Å². The van der Waals surface area contributed by atoms with Gasteiger partial charge < -0.3 is 20.4 Å². The highest BCUT2D eigenvalue weighted by Crippen LogP contribution is 2.24. The predicted octanol–water partition coefficient (Wildman–Crippen LogP) is 6.18. The van der Waals surface area contributed by atoms with Crippen LogP contribution in [0.1, 0.15) is 52.6 Å². The minimum atomic E-state index is -0.329. The fraction of sp³-hybridized carbons (Fsp3) is 0.150. The van der Waals surface area contributed by atoms with E-state index in [2.05, 4.69) is 10.6 Å². The number of para-hydroxylation sites is 2. The molecule has 8 nitrogen and oxygen atoms in total. The monoisotopic (exact) mass is 638 g/mol. The molecule has 5 rings (SSSR count). The zero-order chi connectivity index (χ0) is 33.9. The van der Waals surface area contributed by atoms with E-state index in [1.165, 1.54) is 9.80 Å². The van der Waals surface area contributed by atoms with Crippen LogP contribution in [0.15, 0.2) is 133 Å². The van der Waals surface area contributed by atoms with Crippen molar-refractivity contribution in [2.45, 2.75) is 12.8 Å². The second-order valence-electron chi connectivity index (χ2n) is 11.3. The number of carbonyl (C=O) groups is 4. The molecule has 0 aliphatic rings. The maximum absolute atomic E-state index is 13.5. The van der Waals surface area contributed by atoms with Gasteiger partial charge in [0.15, 0.2) is 0 Å². The van der Waals surface area contributed by atoms with Crippen molar-refractivity contribution in [1.29, 1.82) is 0 Å². The number of hydrogen-bond acceptors (Lipinski definition) is 4. The summed E-state index contributed by atoms with van der Waals surface area (Å²) in [5, 5.41) is 5.90. The number of nitrogens with zero attached hydrogens (tertiary/aromatic N) is 2. The first-order valence-corrected chi connectivity index (χ1v) is 15.8. The van der Waals surface area contributed by atoms with E-state index in [-0.39, 0.29) is 23.6 Å². The Hall–Kier alpha value is -6.02. The Kier molecular flexibility index (Phi) is 11.1. The van der Waals surface area contributed by atoms with Crippen LogP contribution in [0.3, 0.4) is 0 Å². The topological polar surface area (TPSA) is 98.8 Å². The van der Waals surface area contributed by atoms with Gasteiger partial charge in [-0.15, -0.1) is 0 Å². The number of amides is 4. The first-order valence-electron chi connectivity index (χ1n) is 15.8. The molecule has 0 fully saturated rings. The van der Waals surface area contributed by atoms with Crippen LogP contribution in [0.25, 0.3) is 0 Å². The van der Waals surface area contributed by atoms with Gasteiger partial charge in [-0.25, -0.2) is 0 Å². The van der Waals surface area contributed by atoms with Gasteiger partial charge in [0.1, 0.15) is 0 Å². The Bertz CT molecular complexity index is 1740. The van der Waals surface area contributed by atoms with Crippen LogP contribution in [-0.4, -0.2) is 50.8 Å². The highest BCUT2D eigenvalue weighted by atomic mass is 16.2. The zero-order valence-electron chi connectivity index (χ0n) is 27.1. The Morgan fingerprint density at radius 3 is 1.17 bits per heavy atom. The second kappa shape index (κ2) is 16.0. The molecule has 0 saturated heterocycles. The molecule has 0 aliphatic carbocycles. The van der Waals surface area contributed by atoms with Crippen molar-refractivity contribution in [3.8, 4) is 0 Å². The Morgan fingerprint density at radius 1 is 0.458 bits per heavy atom. The number of hydrogen-bond donors (Lipinski definition) is 2. The standard InChI is InChI=1S/C40H38N4O4/c1-43(35-19-11-9-17-33(35)37(45)41-27-25-29-13-5-3-6-14-29)39(47)31-21-23-32(24-22-31)40(48)44(2)36-20-12-10-18-34(36)38(46)42-28-26-30-15-7-4-8-16-30/h3-24H,25-28H2,1-2H3,(H,41,45)(H,42,46). The molecule has 0 aromatic heterocycles. The van der Waals surface area contributed by atoms with Crippen molar-refractivity contribution in [3.63, 3.8) is 0 Å². The predicted molar refractivity (Wildman–Crippen MR) is 190 cm³/mol. The first-order chi connectivity index (χ1) is 23.3. The number of nitrogens with one attached hydrogen (secondary N) is 2. The minimum Gasteiger partial charge on any atom is -0.352 e. The smallest absolute Gasteiger partial charge is 0.258 e. The highest BCUT2D eigenvalue weighted by Gasteiger charge is 2.22. The van der Waals surface area contributed by atoms with E-state index in [0.29, 0.717) is 59.6 Å². The van der Waals surface area contributed by atoms with Gasteiger partial charge in [0.05, 0.1) is 22.5 Å². The molecule has 8 heteroatoms. The molecular weight excluding hydrogens is 600 g/mol. The van der Waals surface area contributed by atoms with Gasteiger partial charge in [0.2, 0.25) is 0 Å². The molecule has 0 unspecified atom stereocenters. The van der Waals surface area contributed by atoms with Gasteiger partial charge in [0, 0.05) is 38.3 Å². The van der Waals surface area contributed by atoms with Crippen molar-refractivity contribution in [2.75, 3.05) is 37.0 Å². The molecule has 2 N–H and O–H groups in total. The van der Waals surface area contributed by atoms with Crippen molar-refractivity contribution in [3.05, 3.63) is 167 Å². The summed E-state index contributed by atoms with van der Waals surface area (Å²) < 4.78 is 0. The molecule has 48 heavy (non-hydrogen) atoms. The summed E-state index contributed by atoms with van der Waals surface area (Å²) >= 11 is 0. The number of benzene rings is 5. The molecule has 242 valence electrons. The molecule has 0 aliphatic heterocycles. The first kappa shape index (κ1) is 33.3. The molecule has 5 aromatic rings. The summed E-state index contributed by atoms with van der Waals surface area (Å²) in [6, 6.07) is 40.1. The van der Waals surface area contributed by atoms with Gasteiger partial charge in [0.25, 0.3) is 23.6 Å². The van der Waals surface area contributed by atoms with E-state index in [9.17, 15) is 19.2 Å². The highest BCUT2D eigenvalue weighted by molar-refractivity contribution is 6.12. The minimum absolute atomic E-state index is 0.268. The molecule has 0 atom stereocenters. The van der Waals surface area contributed by atoms with E-state index < -0.39 is 0 Å². The summed E-state index contributed by atoms with van der Waals surface area (Å²) in [7, 11) is 3.24. The average molecular weight is 639 g/mol. The molecule has 0 saturated carbocycles. The van der Waals surface area contributed by atoms with Crippen LogP contribution in [0.2, 0.25) is 0 Å². The SMILES string of the molecule is CN(C(=O)c1ccc(C(=O)N(C)c2ccccc2C(=O)NCCc2ccccc2)cc1)c1ccccc1C(=O)NCCc1ccccc1. The van der Waals surface area contributed by atoms with Crippen molar-refractivity contribution < 1.29 is 19.2 Å². The number of anilines is 2. The second-order valence-corrected chi connectivity index (χ2v) is 11.3. The maximum atomic E-state index is 13.5. The summed E-state index contributed by atoms with van der Waals surface area (Å²) in [6.45, 7) is 0.921. The van der Waals surface area contributed by atoms with E-state index in [4.69, 9.17) is 0 Å². The fourth-order valence-electron chi connectivity index (χ4n) is 5.40. The molecular formula is C40H38N4O4. The molecule has 4 amide bonds. The summed E-state index contributed by atoms with van der Waals surface area (Å²) in [5.41, 5.74) is 4.67. The van der Waals surface area contributed by atoms with E-state index in [1.807, 2.05) is 60.7 Å². The summed E-state index contributed by atoms with van der Waals surface area (Å²) in [6.07, 6.45) is 1.38. The van der Waals surface area contributed by atoms with Crippen molar-refractivity contribution in [2.24, 2.45) is 0 Å². The van der Waals surface area contributed by atoms with Crippen LogP contribution < -0.4 is 20.4 Å². The summed E-state index contributed by atoms with van der Waals surface area (Å²) in [4.78, 5) is 56.0. The van der Waals surface area contributed by atoms with Gasteiger partial charge in [-0.1, -0.05) is 84.9 Å². The normalized spacial score (nSPS) is 10.5. The zero-order valence-corrected chi connectivity index (χ0v) is 27.1. The van der Waals surface area contributed by atoms with Crippen molar-refractivity contribution in [1.82, 2.24) is 10.6 Å². The quantitative estimate of drug-likeness (QED) is 0.170. The van der Waals surface area contributed by atoms with Crippen LogP contribution in [0, 0.1) is 0 Å². The lowest BCUT2D eigenvalue weighted by atomic mass is 10.1. The van der Waals surface area contributed by atoms with Gasteiger partial charge in [-0.05, 0) is 72.5 Å². The molecule has 5 aromatic carbocycles. The summed E-state index contributed by atoms with van der Waals surface area (Å²) in [5.74, 6) is -1.19. The Labute approximate surface area is 281 Å². The van der Waals surface area contributed by atoms with Gasteiger partial charge >= 0.3 is 0 Å². The van der Waals surface area contributed by atoms with E-state index in [0.717, 1.165) is 11.1 Å². The number of carbonyl (C=O) groups excluding carboxylic acids is 4. The lowest BCUT2D eigenvalue weighted by Crippen LogP contribution is -2.32. The largest absolute Gasteiger partial charge is 0.352 e.